The topological polar surface area (TPSA) is 131 Å². The van der Waals surface area contributed by atoms with Crippen LogP contribution in [0.5, 0.6) is 0 Å². The summed E-state index contributed by atoms with van der Waals surface area (Å²) in [5, 5.41) is 0. The highest BCUT2D eigenvalue weighted by Crippen LogP contribution is 2.30. The molecule has 0 radical (unpaired) electrons. The summed E-state index contributed by atoms with van der Waals surface area (Å²) in [4.78, 5) is 83.9. The number of ketones is 6. The van der Waals surface area contributed by atoms with E-state index in [0.29, 0.717) is 60.4 Å². The van der Waals surface area contributed by atoms with Gasteiger partial charge in [-0.1, -0.05) is 151 Å². The molecule has 13 heteroatoms. The fraction of sp³-hybridized carbons (Fsp3) is 0.936. The number of rotatable bonds is 45. The number of piperidine rings is 6. The summed E-state index contributed by atoms with van der Waals surface area (Å²) in [5.41, 5.74) is 0. The number of unbranched alkanes of at least 4 members (excludes halogenated alkanes) is 1. The summed E-state index contributed by atoms with van der Waals surface area (Å²) in [6.07, 6.45) is 36.3. The second-order valence-electron chi connectivity index (χ2n) is 36.4. The van der Waals surface area contributed by atoms with E-state index >= 15 is 0 Å². The van der Waals surface area contributed by atoms with Crippen LogP contribution in [0.3, 0.4) is 0 Å². The number of hydrogen-bond donors (Lipinski definition) is 0. The number of carbonyl (C=O) groups is 6. The molecule has 0 aromatic rings. The predicted molar refractivity (Wildman–Crippen MR) is 459 cm³/mol. The largest absolute Gasteiger partial charge is 0.380 e. The van der Waals surface area contributed by atoms with Gasteiger partial charge < -0.3 is 34.1 Å². The van der Waals surface area contributed by atoms with Gasteiger partial charge in [-0.3, -0.25) is 28.8 Å². The van der Waals surface area contributed by atoms with Crippen molar-refractivity contribution in [3.05, 3.63) is 0 Å². The zero-order chi connectivity index (χ0) is 79.9. The summed E-state index contributed by atoms with van der Waals surface area (Å²) in [5.74, 6) is 13.7. The maximum absolute atomic E-state index is 11.9. The van der Waals surface area contributed by atoms with E-state index in [1.165, 1.54) is 169 Å². The average Bonchev–Trinajstić information content (AvgIpc) is 0.934. The van der Waals surface area contributed by atoms with Crippen LogP contribution in [0.25, 0.3) is 0 Å². The molecule has 6 saturated heterocycles. The van der Waals surface area contributed by atoms with Crippen molar-refractivity contribution < 1.29 is 33.5 Å². The molecule has 0 saturated carbocycles. The van der Waals surface area contributed by atoms with Gasteiger partial charge in [-0.25, -0.2) is 0 Å². The Morgan fingerprint density at radius 2 is 0.495 bits per heavy atom. The monoisotopic (exact) mass is 1510 g/mol. The van der Waals surface area contributed by atoms with Crippen molar-refractivity contribution in [2.75, 3.05) is 131 Å². The Bertz CT molecular complexity index is 2120. The summed E-state index contributed by atoms with van der Waals surface area (Å²) < 4.78 is 5.61. The molecular formula is C94H182N6O7. The first kappa shape index (κ1) is 103. The summed E-state index contributed by atoms with van der Waals surface area (Å²) in [6.45, 7) is 67.6. The van der Waals surface area contributed by atoms with E-state index in [4.69, 9.17) is 4.74 Å². The molecular weight excluding hydrogens is 1330 g/mol. The number of ether oxygens (including phenoxy) is 1. The molecule has 6 aliphatic rings. The van der Waals surface area contributed by atoms with Crippen LogP contribution in [-0.4, -0.2) is 195 Å². The van der Waals surface area contributed by atoms with Gasteiger partial charge in [-0.2, -0.15) is 0 Å². The summed E-state index contributed by atoms with van der Waals surface area (Å²) in [6, 6.07) is 0. The van der Waals surface area contributed by atoms with Crippen LogP contribution in [0.2, 0.25) is 0 Å². The van der Waals surface area contributed by atoms with E-state index in [0.717, 1.165) is 226 Å². The molecule has 0 N–H and O–H groups in total. The molecule has 630 valence electrons. The fourth-order valence-corrected chi connectivity index (χ4v) is 17.0. The van der Waals surface area contributed by atoms with Crippen molar-refractivity contribution >= 4 is 34.7 Å². The van der Waals surface area contributed by atoms with Crippen molar-refractivity contribution in [2.24, 2.45) is 82.9 Å². The third-order valence-corrected chi connectivity index (χ3v) is 25.8. The second kappa shape index (κ2) is 64.1. The Labute approximate surface area is 664 Å². The van der Waals surface area contributed by atoms with E-state index in [-0.39, 0.29) is 11.8 Å². The van der Waals surface area contributed by atoms with Gasteiger partial charge in [0.2, 0.25) is 0 Å². The molecule has 107 heavy (non-hydrogen) atoms. The van der Waals surface area contributed by atoms with Gasteiger partial charge in [-0.05, 0) is 324 Å². The van der Waals surface area contributed by atoms with Gasteiger partial charge in [-0.15, -0.1) is 0 Å². The molecule has 0 bridgehead atoms. The Hall–Kier alpha value is -2.26. The minimum Gasteiger partial charge on any atom is -0.380 e. The SMILES string of the molecule is CCC(=O)CCCCN1CCC(C(C)C)CC1.CCC(=O)CCCN1CCC(C(C)C)CC1.CCC(=O)CCCOCCN1CCC(C(C)C)CC1.CCCC(=O)CCCN1CCC(C(C)C)CC1.CCC[C@@H](C)C(=O)CCCN1CCC(C(C)C)CC1.CCC[C@H](C)C(=O)CCCN1CCC(C(C)C)CC1. The first-order chi connectivity index (χ1) is 51.1. The minimum atomic E-state index is 0.275. The molecule has 6 fully saturated rings. The third-order valence-electron chi connectivity index (χ3n) is 25.8. The number of hydrogen-bond acceptors (Lipinski definition) is 13. The Kier molecular flexibility index (Phi) is 61.5. The standard InChI is InChI=1S/2C17H33NO.C16H31NO2.2C15H29NO.C14H27NO/c2*1-5-7-15(4)17(19)8-6-11-18-12-9-16(10-13-18)14(2)3;1-4-16(18)6-5-12-19-13-11-17-9-7-15(8-10-17)14(2)3;1-4-15(17)7-5-6-10-16-11-8-14(9-12-16)13(2)3;1-4-6-15(17)7-5-10-16-11-8-14(9-12-16)13(2)3;1-4-14(16)6-5-9-15-10-7-13(8-11-15)12(2)3/h2*14-16H,5-13H2,1-4H3;14-15H,4-13H2,1-3H3;2*13-14H,4-12H2,1-3H3;12-13H,4-11H2,1-3H3/t2*15-;;;;/m10..../s1. The number of likely N-dealkylation sites (tertiary alicyclic amines) is 6. The summed E-state index contributed by atoms with van der Waals surface area (Å²) >= 11 is 0. The van der Waals surface area contributed by atoms with E-state index in [1.54, 1.807) is 0 Å². The lowest BCUT2D eigenvalue weighted by Gasteiger charge is -2.33. The van der Waals surface area contributed by atoms with Crippen molar-refractivity contribution in [1.29, 1.82) is 0 Å². The highest BCUT2D eigenvalue weighted by atomic mass is 16.5. The molecule has 6 rings (SSSR count). The third kappa shape index (κ3) is 51.3. The van der Waals surface area contributed by atoms with Gasteiger partial charge in [0.15, 0.2) is 0 Å². The first-order valence-electron chi connectivity index (χ1n) is 46.1. The quantitative estimate of drug-likeness (QED) is 0.0537. The average molecular weight is 1510 g/mol. The molecule has 0 amide bonds. The minimum absolute atomic E-state index is 0.275. The molecule has 0 unspecified atom stereocenters. The van der Waals surface area contributed by atoms with Crippen LogP contribution in [-0.2, 0) is 33.5 Å². The van der Waals surface area contributed by atoms with E-state index < -0.39 is 0 Å². The van der Waals surface area contributed by atoms with E-state index in [9.17, 15) is 28.8 Å². The number of nitrogens with zero attached hydrogens (tertiary/aromatic N) is 6. The number of Topliss-reactive ketones (excluding diaryl/α,β-unsaturated/α-hetero) is 6. The van der Waals surface area contributed by atoms with E-state index in [1.807, 2.05) is 20.8 Å². The number of carbonyl (C=O) groups excluding carboxylic acids is 6. The van der Waals surface area contributed by atoms with Crippen molar-refractivity contribution in [2.45, 2.75) is 357 Å². The second-order valence-corrected chi connectivity index (χ2v) is 36.4. The Balaban J connectivity index is 0.000000643. The van der Waals surface area contributed by atoms with Crippen LogP contribution in [0.1, 0.15) is 357 Å². The lowest BCUT2D eigenvalue weighted by molar-refractivity contribution is -0.123. The van der Waals surface area contributed by atoms with Gasteiger partial charge in [0.05, 0.1) is 6.61 Å². The molecule has 6 aliphatic heterocycles. The maximum Gasteiger partial charge on any atom is 0.135 e. The Morgan fingerprint density at radius 3 is 0.748 bits per heavy atom. The maximum atomic E-state index is 11.9. The molecule has 6 heterocycles. The highest BCUT2D eigenvalue weighted by molar-refractivity contribution is 5.81. The van der Waals surface area contributed by atoms with Crippen LogP contribution in [0, 0.1) is 82.9 Å². The molecule has 0 aromatic heterocycles. The van der Waals surface area contributed by atoms with Crippen LogP contribution >= 0.6 is 0 Å². The zero-order valence-corrected chi connectivity index (χ0v) is 74.8. The van der Waals surface area contributed by atoms with Gasteiger partial charge in [0.1, 0.15) is 34.7 Å². The zero-order valence-electron chi connectivity index (χ0n) is 74.8. The van der Waals surface area contributed by atoms with E-state index in [2.05, 4.69) is 147 Å². The lowest BCUT2D eigenvalue weighted by Crippen LogP contribution is -2.37. The van der Waals surface area contributed by atoms with Crippen LogP contribution in [0.15, 0.2) is 0 Å². The Morgan fingerprint density at radius 1 is 0.262 bits per heavy atom. The van der Waals surface area contributed by atoms with Gasteiger partial charge in [0, 0.05) is 89.2 Å². The van der Waals surface area contributed by atoms with Crippen LogP contribution < -0.4 is 0 Å². The first-order valence-corrected chi connectivity index (χ1v) is 46.1. The molecule has 13 nitrogen and oxygen atoms in total. The molecule has 0 spiro atoms. The normalized spacial score (nSPS) is 19.1. The van der Waals surface area contributed by atoms with Gasteiger partial charge >= 0.3 is 0 Å². The van der Waals surface area contributed by atoms with Crippen molar-refractivity contribution in [1.82, 2.24) is 29.4 Å². The van der Waals surface area contributed by atoms with Crippen molar-refractivity contribution in [3.8, 4) is 0 Å². The lowest BCUT2D eigenvalue weighted by atomic mass is 9.86. The van der Waals surface area contributed by atoms with Crippen molar-refractivity contribution in [3.63, 3.8) is 0 Å². The molecule has 0 aromatic carbocycles. The van der Waals surface area contributed by atoms with Crippen LogP contribution in [0.4, 0.5) is 0 Å². The molecule has 0 aliphatic carbocycles. The highest BCUT2D eigenvalue weighted by Gasteiger charge is 2.27. The summed E-state index contributed by atoms with van der Waals surface area (Å²) in [7, 11) is 0. The van der Waals surface area contributed by atoms with Gasteiger partial charge in [0.25, 0.3) is 0 Å². The fourth-order valence-electron chi connectivity index (χ4n) is 17.0. The molecule has 2 atom stereocenters. The predicted octanol–water partition coefficient (Wildman–Crippen LogP) is 21.5. The smallest absolute Gasteiger partial charge is 0.135 e.